The molecule has 0 radical (unpaired) electrons. The minimum Gasteiger partial charge on any atom is -0.397 e. The van der Waals surface area contributed by atoms with Crippen LogP contribution in [0.25, 0.3) is 10.9 Å². The molecule has 0 saturated carbocycles. The molecule has 0 aliphatic rings. The van der Waals surface area contributed by atoms with Crippen LogP contribution in [0.5, 0.6) is 0 Å². The maximum absolute atomic E-state index is 12.6. The SMILES string of the molecule is Cc1c(N)c2ccccc2n1C(=O)Cn1ncc(NS(C)(=O)=O)n1. The van der Waals surface area contributed by atoms with Crippen molar-refractivity contribution < 1.29 is 13.2 Å². The zero-order valence-electron chi connectivity index (χ0n) is 13.1. The first kappa shape index (κ1) is 16.0. The number of carbonyl (C=O) groups excluding carboxylic acids is 1. The lowest BCUT2D eigenvalue weighted by atomic mass is 10.2. The molecule has 0 aliphatic heterocycles. The number of rotatable bonds is 4. The number of nitrogen functional groups attached to an aromatic ring is 1. The summed E-state index contributed by atoms with van der Waals surface area (Å²) in [4.78, 5) is 13.7. The summed E-state index contributed by atoms with van der Waals surface area (Å²) in [6, 6.07) is 7.34. The lowest BCUT2D eigenvalue weighted by Gasteiger charge is -2.06. The molecule has 0 spiro atoms. The predicted molar refractivity (Wildman–Crippen MR) is 90.2 cm³/mol. The van der Waals surface area contributed by atoms with Crippen molar-refractivity contribution in [2.45, 2.75) is 13.5 Å². The van der Waals surface area contributed by atoms with Crippen molar-refractivity contribution in [3.05, 3.63) is 36.2 Å². The van der Waals surface area contributed by atoms with Crippen LogP contribution in [0.1, 0.15) is 10.5 Å². The van der Waals surface area contributed by atoms with E-state index in [4.69, 9.17) is 5.73 Å². The number of nitrogens with two attached hydrogens (primary N) is 1. The zero-order valence-corrected chi connectivity index (χ0v) is 13.9. The van der Waals surface area contributed by atoms with Gasteiger partial charge in [0.25, 0.3) is 5.91 Å². The van der Waals surface area contributed by atoms with Gasteiger partial charge in [-0.2, -0.15) is 9.90 Å². The van der Waals surface area contributed by atoms with Crippen molar-refractivity contribution in [1.29, 1.82) is 0 Å². The first-order valence-corrected chi connectivity index (χ1v) is 8.92. The number of aromatic nitrogens is 4. The third-order valence-corrected chi connectivity index (χ3v) is 4.09. The smallest absolute Gasteiger partial charge is 0.254 e. The molecule has 2 heterocycles. The van der Waals surface area contributed by atoms with Crippen LogP contribution in [-0.2, 0) is 16.6 Å². The molecular weight excluding hydrogens is 332 g/mol. The van der Waals surface area contributed by atoms with Gasteiger partial charge < -0.3 is 5.73 Å². The third kappa shape index (κ3) is 2.95. The van der Waals surface area contributed by atoms with E-state index in [1.807, 2.05) is 24.3 Å². The minimum atomic E-state index is -3.45. The van der Waals surface area contributed by atoms with Crippen LogP contribution in [0.4, 0.5) is 11.5 Å². The molecule has 0 amide bonds. The van der Waals surface area contributed by atoms with Gasteiger partial charge in [0.05, 0.1) is 23.7 Å². The molecular formula is C14H16N6O3S. The summed E-state index contributed by atoms with van der Waals surface area (Å²) >= 11 is 0. The third-order valence-electron chi connectivity index (χ3n) is 3.51. The topological polar surface area (TPSA) is 125 Å². The van der Waals surface area contributed by atoms with Crippen molar-refractivity contribution in [2.24, 2.45) is 0 Å². The first-order chi connectivity index (χ1) is 11.3. The lowest BCUT2D eigenvalue weighted by Crippen LogP contribution is -2.20. The zero-order chi connectivity index (χ0) is 17.5. The number of nitrogens with one attached hydrogen (secondary N) is 1. The van der Waals surface area contributed by atoms with E-state index in [2.05, 4.69) is 14.9 Å². The average Bonchev–Trinajstić information content (AvgIpc) is 3.01. The number of sulfonamides is 1. The monoisotopic (exact) mass is 348 g/mol. The fourth-order valence-corrected chi connectivity index (χ4v) is 2.99. The molecule has 0 fully saturated rings. The number of benzene rings is 1. The normalized spacial score (nSPS) is 11.8. The number of hydrogen-bond donors (Lipinski definition) is 2. The van der Waals surface area contributed by atoms with Crippen molar-refractivity contribution in [3.8, 4) is 0 Å². The lowest BCUT2D eigenvalue weighted by molar-refractivity contribution is 0.0884. The highest BCUT2D eigenvalue weighted by Crippen LogP contribution is 2.27. The van der Waals surface area contributed by atoms with Gasteiger partial charge in [0, 0.05) is 11.1 Å². The average molecular weight is 348 g/mol. The van der Waals surface area contributed by atoms with E-state index in [0.29, 0.717) is 16.9 Å². The molecule has 1 aromatic carbocycles. The van der Waals surface area contributed by atoms with E-state index >= 15 is 0 Å². The van der Waals surface area contributed by atoms with Crippen LogP contribution >= 0.6 is 0 Å². The summed E-state index contributed by atoms with van der Waals surface area (Å²) in [5.74, 6) is -0.221. The molecule has 3 N–H and O–H groups in total. The van der Waals surface area contributed by atoms with Crippen LogP contribution in [0.3, 0.4) is 0 Å². The molecule has 9 nitrogen and oxygen atoms in total. The maximum atomic E-state index is 12.6. The Labute approximate surface area is 138 Å². The standard InChI is InChI=1S/C14H16N6O3S/c1-9-14(15)10-5-3-4-6-11(10)20(9)13(21)8-19-16-7-12(17-19)18-24(2,22)23/h3-7H,8,15H2,1-2H3,(H,17,18). The number of nitrogens with zero attached hydrogens (tertiary/aromatic N) is 4. The van der Waals surface area contributed by atoms with E-state index in [0.717, 1.165) is 16.4 Å². The largest absolute Gasteiger partial charge is 0.397 e. The molecule has 0 saturated heterocycles. The van der Waals surface area contributed by atoms with Gasteiger partial charge in [-0.1, -0.05) is 18.2 Å². The van der Waals surface area contributed by atoms with Crippen molar-refractivity contribution >= 4 is 38.3 Å². The Balaban J connectivity index is 1.90. The second kappa shape index (κ2) is 5.64. The molecule has 0 atom stereocenters. The summed E-state index contributed by atoms with van der Waals surface area (Å²) < 4.78 is 26.1. The fourth-order valence-electron chi connectivity index (χ4n) is 2.52. The van der Waals surface area contributed by atoms with E-state index < -0.39 is 10.0 Å². The molecule has 0 bridgehead atoms. The molecule has 0 aliphatic carbocycles. The Morgan fingerprint density at radius 3 is 2.75 bits per heavy atom. The molecule has 126 valence electrons. The van der Waals surface area contributed by atoms with Gasteiger partial charge in [-0.05, 0) is 13.0 Å². The number of para-hydroxylation sites is 1. The fraction of sp³-hybridized carbons (Fsp3) is 0.214. The summed E-state index contributed by atoms with van der Waals surface area (Å²) in [6.45, 7) is 1.62. The van der Waals surface area contributed by atoms with Gasteiger partial charge >= 0.3 is 0 Å². The van der Waals surface area contributed by atoms with E-state index in [-0.39, 0.29) is 18.3 Å². The number of fused-ring (bicyclic) bond motifs is 1. The Morgan fingerprint density at radius 2 is 2.04 bits per heavy atom. The van der Waals surface area contributed by atoms with Gasteiger partial charge in [-0.3, -0.25) is 14.1 Å². The second-order valence-electron chi connectivity index (χ2n) is 5.38. The Bertz CT molecular complexity index is 1030. The first-order valence-electron chi connectivity index (χ1n) is 7.03. The van der Waals surface area contributed by atoms with E-state index in [9.17, 15) is 13.2 Å². The van der Waals surface area contributed by atoms with Crippen LogP contribution in [-0.4, -0.2) is 40.1 Å². The van der Waals surface area contributed by atoms with Gasteiger partial charge in [0.1, 0.15) is 6.54 Å². The number of carbonyl (C=O) groups is 1. The predicted octanol–water partition coefficient (Wildman–Crippen LogP) is 0.835. The van der Waals surface area contributed by atoms with Crippen LogP contribution < -0.4 is 10.5 Å². The highest BCUT2D eigenvalue weighted by atomic mass is 32.2. The summed E-state index contributed by atoms with van der Waals surface area (Å²) in [7, 11) is -3.45. The molecule has 24 heavy (non-hydrogen) atoms. The van der Waals surface area contributed by atoms with Crippen molar-refractivity contribution in [3.63, 3.8) is 0 Å². The van der Waals surface area contributed by atoms with E-state index in [1.54, 1.807) is 6.92 Å². The van der Waals surface area contributed by atoms with Crippen molar-refractivity contribution in [2.75, 3.05) is 16.7 Å². The molecule has 2 aromatic heterocycles. The Hall–Kier alpha value is -2.88. The summed E-state index contributed by atoms with van der Waals surface area (Å²) in [5.41, 5.74) is 7.95. The Morgan fingerprint density at radius 1 is 1.33 bits per heavy atom. The maximum Gasteiger partial charge on any atom is 0.254 e. The van der Waals surface area contributed by atoms with Crippen LogP contribution in [0.15, 0.2) is 30.5 Å². The summed E-state index contributed by atoms with van der Waals surface area (Å²) in [5, 5.41) is 8.63. The van der Waals surface area contributed by atoms with Gasteiger partial charge in [-0.15, -0.1) is 5.10 Å². The molecule has 3 rings (SSSR count). The number of hydrogen-bond acceptors (Lipinski definition) is 6. The Kier molecular flexibility index (Phi) is 3.76. The highest BCUT2D eigenvalue weighted by Gasteiger charge is 2.18. The molecule has 10 heteroatoms. The second-order valence-corrected chi connectivity index (χ2v) is 7.13. The number of anilines is 2. The molecule has 3 aromatic rings. The highest BCUT2D eigenvalue weighted by molar-refractivity contribution is 7.92. The van der Waals surface area contributed by atoms with Gasteiger partial charge in [-0.25, -0.2) is 8.42 Å². The van der Waals surface area contributed by atoms with Gasteiger partial charge in [0.2, 0.25) is 10.0 Å². The van der Waals surface area contributed by atoms with E-state index in [1.165, 1.54) is 10.8 Å². The van der Waals surface area contributed by atoms with Gasteiger partial charge in [0.15, 0.2) is 5.82 Å². The molecule has 0 unspecified atom stereocenters. The minimum absolute atomic E-state index is 0.0545. The van der Waals surface area contributed by atoms with Crippen LogP contribution in [0.2, 0.25) is 0 Å². The van der Waals surface area contributed by atoms with Crippen LogP contribution in [0, 0.1) is 6.92 Å². The summed E-state index contributed by atoms with van der Waals surface area (Å²) in [6.07, 6.45) is 2.25. The van der Waals surface area contributed by atoms with Crippen molar-refractivity contribution in [1.82, 2.24) is 19.6 Å². The quantitative estimate of drug-likeness (QED) is 0.719.